The number of imide groups is 1. The van der Waals surface area contributed by atoms with Crippen LogP contribution in [0.4, 0.5) is 10.5 Å². The van der Waals surface area contributed by atoms with Crippen LogP contribution < -0.4 is 9.64 Å². The number of benzene rings is 1. The SMILES string of the molecule is COc1cc(N2CCCCC2)ccc1/C=C1/SC(=O)N(CC(=O)N2CCOCC2)C1=O. The van der Waals surface area contributed by atoms with E-state index >= 15 is 0 Å². The highest BCUT2D eigenvalue weighted by Gasteiger charge is 2.37. The van der Waals surface area contributed by atoms with Gasteiger partial charge in [0.1, 0.15) is 12.3 Å². The lowest BCUT2D eigenvalue weighted by atomic mass is 10.1. The quantitative estimate of drug-likeness (QED) is 0.645. The van der Waals surface area contributed by atoms with E-state index in [1.54, 1.807) is 18.1 Å². The molecule has 8 nitrogen and oxygen atoms in total. The highest BCUT2D eigenvalue weighted by Crippen LogP contribution is 2.35. The highest BCUT2D eigenvalue weighted by atomic mass is 32.2. The van der Waals surface area contributed by atoms with Crippen molar-refractivity contribution in [3.05, 3.63) is 28.7 Å². The first-order valence-corrected chi connectivity index (χ1v) is 11.4. The van der Waals surface area contributed by atoms with Gasteiger partial charge in [-0.15, -0.1) is 0 Å². The summed E-state index contributed by atoms with van der Waals surface area (Å²) in [5.74, 6) is -0.0339. The van der Waals surface area contributed by atoms with Crippen molar-refractivity contribution in [1.82, 2.24) is 9.80 Å². The number of ether oxygens (including phenoxy) is 2. The van der Waals surface area contributed by atoms with Crippen LogP contribution in [0.5, 0.6) is 5.75 Å². The molecule has 0 bridgehead atoms. The summed E-state index contributed by atoms with van der Waals surface area (Å²) in [6.45, 7) is 3.71. The maximum absolute atomic E-state index is 12.8. The van der Waals surface area contributed by atoms with Gasteiger partial charge in [-0.25, -0.2) is 0 Å². The lowest BCUT2D eigenvalue weighted by Gasteiger charge is -2.29. The molecule has 0 spiro atoms. The molecule has 3 amide bonds. The lowest BCUT2D eigenvalue weighted by molar-refractivity contribution is -0.139. The van der Waals surface area contributed by atoms with Crippen LogP contribution in [0, 0.1) is 0 Å². The van der Waals surface area contributed by atoms with E-state index in [0.717, 1.165) is 41.0 Å². The summed E-state index contributed by atoms with van der Waals surface area (Å²) in [7, 11) is 1.60. The van der Waals surface area contributed by atoms with E-state index in [0.29, 0.717) is 37.0 Å². The van der Waals surface area contributed by atoms with Crippen LogP contribution in [0.1, 0.15) is 24.8 Å². The van der Waals surface area contributed by atoms with Crippen LogP contribution in [0.25, 0.3) is 6.08 Å². The average Bonchev–Trinajstić information content (AvgIpc) is 3.07. The Balaban J connectivity index is 1.48. The predicted molar refractivity (Wildman–Crippen MR) is 119 cm³/mol. The molecule has 0 atom stereocenters. The zero-order chi connectivity index (χ0) is 21.8. The molecule has 3 aliphatic heterocycles. The largest absolute Gasteiger partial charge is 0.496 e. The minimum absolute atomic E-state index is 0.240. The van der Waals surface area contributed by atoms with Gasteiger partial charge in [-0.2, -0.15) is 0 Å². The highest BCUT2D eigenvalue weighted by molar-refractivity contribution is 8.18. The number of hydrogen-bond donors (Lipinski definition) is 0. The first kappa shape index (κ1) is 21.7. The van der Waals surface area contributed by atoms with Gasteiger partial charge in [0, 0.05) is 43.5 Å². The minimum atomic E-state index is -0.446. The van der Waals surface area contributed by atoms with Gasteiger partial charge in [-0.05, 0) is 49.2 Å². The Morgan fingerprint density at radius 3 is 2.58 bits per heavy atom. The number of morpholine rings is 1. The van der Waals surface area contributed by atoms with E-state index in [1.807, 2.05) is 18.2 Å². The Hall–Kier alpha value is -2.52. The number of carbonyl (C=O) groups is 3. The third-order valence-electron chi connectivity index (χ3n) is 5.76. The average molecular weight is 446 g/mol. The fourth-order valence-corrected chi connectivity index (χ4v) is 4.82. The normalized spacial score (nSPS) is 21.2. The molecule has 4 rings (SSSR count). The Morgan fingerprint density at radius 1 is 1.13 bits per heavy atom. The second kappa shape index (κ2) is 9.74. The number of hydrogen-bond acceptors (Lipinski definition) is 7. The molecule has 1 aromatic rings. The van der Waals surface area contributed by atoms with Crippen LogP contribution >= 0.6 is 11.8 Å². The molecule has 166 valence electrons. The van der Waals surface area contributed by atoms with Gasteiger partial charge >= 0.3 is 0 Å². The smallest absolute Gasteiger partial charge is 0.294 e. The fraction of sp³-hybridized carbons (Fsp3) is 0.500. The summed E-state index contributed by atoms with van der Waals surface area (Å²) in [4.78, 5) is 43.0. The molecule has 31 heavy (non-hydrogen) atoms. The van der Waals surface area contributed by atoms with Crippen LogP contribution in [0.3, 0.4) is 0 Å². The molecule has 0 N–H and O–H groups in total. The van der Waals surface area contributed by atoms with Crippen molar-refractivity contribution in [2.75, 3.05) is 57.9 Å². The molecule has 0 aromatic heterocycles. The van der Waals surface area contributed by atoms with Gasteiger partial charge in [-0.3, -0.25) is 19.3 Å². The standard InChI is InChI=1S/C22H27N3O5S/c1-29-18-14-17(23-7-3-2-4-8-23)6-5-16(18)13-19-21(27)25(22(28)31-19)15-20(26)24-9-11-30-12-10-24/h5-6,13-14H,2-4,7-12,15H2,1H3/b19-13+. The minimum Gasteiger partial charge on any atom is -0.496 e. The van der Waals surface area contributed by atoms with Gasteiger partial charge in [0.2, 0.25) is 5.91 Å². The van der Waals surface area contributed by atoms with Crippen LogP contribution in [-0.4, -0.2) is 79.9 Å². The number of amides is 3. The summed E-state index contributed by atoms with van der Waals surface area (Å²) >= 11 is 0.854. The van der Waals surface area contributed by atoms with Crippen molar-refractivity contribution in [3.8, 4) is 5.75 Å². The van der Waals surface area contributed by atoms with E-state index in [9.17, 15) is 14.4 Å². The van der Waals surface area contributed by atoms with Gasteiger partial charge in [0.25, 0.3) is 11.1 Å². The van der Waals surface area contributed by atoms with Crippen molar-refractivity contribution in [3.63, 3.8) is 0 Å². The zero-order valence-corrected chi connectivity index (χ0v) is 18.5. The Bertz CT molecular complexity index is 891. The van der Waals surface area contributed by atoms with Crippen LogP contribution in [-0.2, 0) is 14.3 Å². The number of anilines is 1. The van der Waals surface area contributed by atoms with Gasteiger partial charge < -0.3 is 19.3 Å². The Morgan fingerprint density at radius 2 is 1.87 bits per heavy atom. The first-order chi connectivity index (χ1) is 15.1. The summed E-state index contributed by atoms with van der Waals surface area (Å²) < 4.78 is 10.8. The third kappa shape index (κ3) is 4.88. The molecular weight excluding hydrogens is 418 g/mol. The summed E-state index contributed by atoms with van der Waals surface area (Å²) in [5, 5.41) is -0.429. The molecular formula is C22H27N3O5S. The number of piperidine rings is 1. The predicted octanol–water partition coefficient (Wildman–Crippen LogP) is 2.58. The molecule has 3 fully saturated rings. The van der Waals surface area contributed by atoms with Crippen molar-refractivity contribution >= 4 is 40.6 Å². The second-order valence-corrected chi connectivity index (χ2v) is 8.73. The van der Waals surface area contributed by atoms with E-state index in [2.05, 4.69) is 4.90 Å². The second-order valence-electron chi connectivity index (χ2n) is 7.73. The van der Waals surface area contributed by atoms with Crippen molar-refractivity contribution in [2.45, 2.75) is 19.3 Å². The maximum atomic E-state index is 12.8. The van der Waals surface area contributed by atoms with Gasteiger partial charge in [0.05, 0.1) is 25.2 Å². The topological polar surface area (TPSA) is 79.4 Å². The first-order valence-electron chi connectivity index (χ1n) is 10.6. The number of carbonyl (C=O) groups excluding carboxylic acids is 3. The lowest BCUT2D eigenvalue weighted by Crippen LogP contribution is -2.46. The van der Waals surface area contributed by atoms with Crippen molar-refractivity contribution in [1.29, 1.82) is 0 Å². The molecule has 1 aromatic carbocycles. The van der Waals surface area contributed by atoms with Crippen molar-refractivity contribution < 1.29 is 23.9 Å². The number of rotatable bonds is 5. The fourth-order valence-electron chi connectivity index (χ4n) is 3.99. The van der Waals surface area contributed by atoms with Gasteiger partial charge in [-0.1, -0.05) is 0 Å². The molecule has 0 saturated carbocycles. The van der Waals surface area contributed by atoms with Crippen LogP contribution in [0.15, 0.2) is 23.1 Å². The van der Waals surface area contributed by atoms with Crippen LogP contribution in [0.2, 0.25) is 0 Å². The number of methoxy groups -OCH3 is 1. The van der Waals surface area contributed by atoms with Gasteiger partial charge in [0.15, 0.2) is 0 Å². The number of nitrogens with zero attached hydrogens (tertiary/aromatic N) is 3. The zero-order valence-electron chi connectivity index (χ0n) is 17.7. The molecule has 0 unspecified atom stereocenters. The van der Waals surface area contributed by atoms with E-state index in [-0.39, 0.29) is 12.5 Å². The molecule has 3 saturated heterocycles. The van der Waals surface area contributed by atoms with E-state index < -0.39 is 11.1 Å². The molecule has 3 heterocycles. The Kier molecular flexibility index (Phi) is 6.82. The summed E-state index contributed by atoms with van der Waals surface area (Å²) in [6, 6.07) is 5.91. The monoisotopic (exact) mass is 445 g/mol. The molecule has 3 aliphatic rings. The Labute approximate surface area is 186 Å². The van der Waals surface area contributed by atoms with E-state index in [4.69, 9.17) is 9.47 Å². The maximum Gasteiger partial charge on any atom is 0.294 e. The van der Waals surface area contributed by atoms with Crippen molar-refractivity contribution in [2.24, 2.45) is 0 Å². The third-order valence-corrected chi connectivity index (χ3v) is 6.66. The molecule has 9 heteroatoms. The summed E-state index contributed by atoms with van der Waals surface area (Å²) in [5.41, 5.74) is 1.83. The summed E-state index contributed by atoms with van der Waals surface area (Å²) in [6.07, 6.45) is 5.29. The molecule has 0 aliphatic carbocycles. The number of thioether (sulfide) groups is 1. The van der Waals surface area contributed by atoms with E-state index in [1.165, 1.54) is 19.3 Å². The molecule has 0 radical (unpaired) electrons.